The number of carboxylic acids is 1. The fourth-order valence-corrected chi connectivity index (χ4v) is 1.65. The number of carbonyl (C=O) groups is 1. The molecule has 0 unspecified atom stereocenters. The molecule has 0 fully saturated rings. The molecule has 1 aromatic heterocycles. The Bertz CT molecular complexity index is 599. The zero-order valence-electron chi connectivity index (χ0n) is 9.55. The van der Waals surface area contributed by atoms with Gasteiger partial charge in [-0.1, -0.05) is 15.9 Å². The van der Waals surface area contributed by atoms with E-state index < -0.39 is 5.97 Å². The van der Waals surface area contributed by atoms with Gasteiger partial charge < -0.3 is 9.84 Å². The van der Waals surface area contributed by atoms with Gasteiger partial charge in [-0.15, -0.1) is 0 Å². The molecule has 0 atom stereocenters. The minimum Gasteiger partial charge on any atom is -0.478 e. The van der Waals surface area contributed by atoms with Crippen molar-refractivity contribution in [3.8, 4) is 11.6 Å². The molecule has 0 bridgehead atoms. The summed E-state index contributed by atoms with van der Waals surface area (Å²) < 4.78 is 6.50. The molecule has 18 heavy (non-hydrogen) atoms. The van der Waals surface area contributed by atoms with E-state index in [9.17, 15) is 4.79 Å². The molecule has 5 heteroatoms. The third kappa shape index (κ3) is 2.87. The highest BCUT2D eigenvalue weighted by molar-refractivity contribution is 9.10. The topological polar surface area (TPSA) is 59.4 Å². The van der Waals surface area contributed by atoms with Gasteiger partial charge >= 0.3 is 5.97 Å². The first-order valence-corrected chi connectivity index (χ1v) is 5.99. The van der Waals surface area contributed by atoms with E-state index in [1.54, 1.807) is 6.07 Å². The summed E-state index contributed by atoms with van der Waals surface area (Å²) in [5, 5.41) is 8.87. The van der Waals surface area contributed by atoms with Crippen LogP contribution in [0.2, 0.25) is 0 Å². The van der Waals surface area contributed by atoms with Gasteiger partial charge in [-0.2, -0.15) is 0 Å². The molecule has 0 aliphatic carbocycles. The minimum atomic E-state index is -1.01. The van der Waals surface area contributed by atoms with Crippen LogP contribution in [0.15, 0.2) is 41.0 Å². The largest absolute Gasteiger partial charge is 0.478 e. The highest BCUT2D eigenvalue weighted by atomic mass is 79.9. The first kappa shape index (κ1) is 12.6. The van der Waals surface area contributed by atoms with Crippen molar-refractivity contribution in [2.75, 3.05) is 0 Å². The molecule has 0 saturated heterocycles. The first-order valence-electron chi connectivity index (χ1n) is 5.19. The zero-order valence-corrected chi connectivity index (χ0v) is 11.1. The lowest BCUT2D eigenvalue weighted by atomic mass is 10.2. The van der Waals surface area contributed by atoms with Crippen LogP contribution in [0.4, 0.5) is 0 Å². The van der Waals surface area contributed by atoms with Crippen molar-refractivity contribution in [2.45, 2.75) is 6.92 Å². The second-order valence-corrected chi connectivity index (χ2v) is 4.56. The normalized spacial score (nSPS) is 10.1. The van der Waals surface area contributed by atoms with Crippen molar-refractivity contribution in [3.05, 3.63) is 52.1 Å². The van der Waals surface area contributed by atoms with Crippen LogP contribution < -0.4 is 4.74 Å². The summed E-state index contributed by atoms with van der Waals surface area (Å²) >= 11 is 3.40. The summed E-state index contributed by atoms with van der Waals surface area (Å²) in [7, 11) is 0. The number of hydrogen-bond donors (Lipinski definition) is 1. The summed E-state index contributed by atoms with van der Waals surface area (Å²) in [5.74, 6) is -0.128. The zero-order chi connectivity index (χ0) is 13.1. The van der Waals surface area contributed by atoms with Crippen molar-refractivity contribution >= 4 is 21.9 Å². The van der Waals surface area contributed by atoms with E-state index in [0.717, 1.165) is 10.0 Å². The van der Waals surface area contributed by atoms with Gasteiger partial charge in [0.15, 0.2) is 0 Å². The third-order valence-electron chi connectivity index (χ3n) is 2.33. The number of benzene rings is 1. The van der Waals surface area contributed by atoms with Crippen molar-refractivity contribution in [2.24, 2.45) is 0 Å². The summed E-state index contributed by atoms with van der Waals surface area (Å²) in [6.45, 7) is 1.94. The van der Waals surface area contributed by atoms with Crippen molar-refractivity contribution in [3.63, 3.8) is 0 Å². The summed E-state index contributed by atoms with van der Waals surface area (Å²) in [5.41, 5.74) is 1.18. The van der Waals surface area contributed by atoms with E-state index >= 15 is 0 Å². The monoisotopic (exact) mass is 307 g/mol. The van der Waals surface area contributed by atoms with Gasteiger partial charge in [0.25, 0.3) is 0 Å². The number of nitrogens with zero attached hydrogens (tertiary/aromatic N) is 1. The molecule has 0 radical (unpaired) electrons. The van der Waals surface area contributed by atoms with Gasteiger partial charge in [-0.05, 0) is 36.8 Å². The number of rotatable bonds is 3. The number of halogens is 1. The van der Waals surface area contributed by atoms with E-state index in [1.165, 1.54) is 18.3 Å². The maximum atomic E-state index is 10.8. The standard InChI is InChI=1S/C13H10BrNO3/c1-8-6-10(2-3-11(8)14)18-12-7-9(13(16)17)4-5-15-12/h2-7H,1H3,(H,16,17). The molecule has 0 aliphatic rings. The summed E-state index contributed by atoms with van der Waals surface area (Å²) in [4.78, 5) is 14.8. The van der Waals surface area contributed by atoms with E-state index in [1.807, 2.05) is 19.1 Å². The van der Waals surface area contributed by atoms with Gasteiger partial charge in [0, 0.05) is 16.7 Å². The van der Waals surface area contributed by atoms with Crippen LogP contribution >= 0.6 is 15.9 Å². The second-order valence-electron chi connectivity index (χ2n) is 3.70. The smallest absolute Gasteiger partial charge is 0.335 e. The van der Waals surface area contributed by atoms with Crippen molar-refractivity contribution < 1.29 is 14.6 Å². The molecule has 1 heterocycles. The van der Waals surface area contributed by atoms with Gasteiger partial charge in [-0.3, -0.25) is 0 Å². The molecule has 4 nitrogen and oxygen atoms in total. The fourth-order valence-electron chi connectivity index (χ4n) is 1.40. The number of carboxylic acid groups (broad SMARTS) is 1. The second kappa shape index (κ2) is 5.18. The first-order chi connectivity index (χ1) is 8.56. The predicted molar refractivity (Wildman–Crippen MR) is 70.1 cm³/mol. The minimum absolute atomic E-state index is 0.147. The van der Waals surface area contributed by atoms with E-state index in [-0.39, 0.29) is 11.4 Å². The Kier molecular flexibility index (Phi) is 3.62. The predicted octanol–water partition coefficient (Wildman–Crippen LogP) is 3.64. The molecule has 92 valence electrons. The van der Waals surface area contributed by atoms with Gasteiger partial charge in [0.1, 0.15) is 5.75 Å². The van der Waals surface area contributed by atoms with Gasteiger partial charge in [0.05, 0.1) is 5.56 Å². The molecular weight excluding hydrogens is 298 g/mol. The van der Waals surface area contributed by atoms with E-state index in [4.69, 9.17) is 9.84 Å². The lowest BCUT2D eigenvalue weighted by Crippen LogP contribution is -1.97. The molecular formula is C13H10BrNO3. The third-order valence-corrected chi connectivity index (χ3v) is 3.22. The average Bonchev–Trinajstić information content (AvgIpc) is 2.34. The van der Waals surface area contributed by atoms with Crippen LogP contribution in [0.5, 0.6) is 11.6 Å². The van der Waals surface area contributed by atoms with Gasteiger partial charge in [0.2, 0.25) is 5.88 Å². The lowest BCUT2D eigenvalue weighted by Gasteiger charge is -2.06. The Morgan fingerprint density at radius 3 is 2.78 bits per heavy atom. The van der Waals surface area contributed by atoms with Crippen LogP contribution in [0, 0.1) is 6.92 Å². The molecule has 2 aromatic rings. The quantitative estimate of drug-likeness (QED) is 0.940. The SMILES string of the molecule is Cc1cc(Oc2cc(C(=O)O)ccn2)ccc1Br. The highest BCUT2D eigenvalue weighted by Gasteiger charge is 2.06. The Morgan fingerprint density at radius 1 is 1.33 bits per heavy atom. The van der Waals surface area contributed by atoms with Crippen LogP contribution in [-0.2, 0) is 0 Å². The molecule has 0 spiro atoms. The number of pyridine rings is 1. The molecule has 1 N–H and O–H groups in total. The number of aromatic nitrogens is 1. The number of aromatic carboxylic acids is 1. The Labute approximate surface area is 112 Å². The van der Waals surface area contributed by atoms with Crippen molar-refractivity contribution in [1.29, 1.82) is 0 Å². The average molecular weight is 308 g/mol. The summed E-state index contributed by atoms with van der Waals surface area (Å²) in [6.07, 6.45) is 1.41. The molecule has 1 aromatic carbocycles. The summed E-state index contributed by atoms with van der Waals surface area (Å²) in [6, 6.07) is 8.30. The molecule has 0 amide bonds. The van der Waals surface area contributed by atoms with Crippen LogP contribution in [0.3, 0.4) is 0 Å². The number of ether oxygens (including phenoxy) is 1. The van der Waals surface area contributed by atoms with Crippen LogP contribution in [0.25, 0.3) is 0 Å². The van der Waals surface area contributed by atoms with Crippen LogP contribution in [0.1, 0.15) is 15.9 Å². The van der Waals surface area contributed by atoms with E-state index in [2.05, 4.69) is 20.9 Å². The number of aryl methyl sites for hydroxylation is 1. The van der Waals surface area contributed by atoms with Gasteiger partial charge in [-0.25, -0.2) is 9.78 Å². The maximum absolute atomic E-state index is 10.8. The molecule has 2 rings (SSSR count). The molecule has 0 aliphatic heterocycles. The lowest BCUT2D eigenvalue weighted by molar-refractivity contribution is 0.0696. The Hall–Kier alpha value is -1.88. The van der Waals surface area contributed by atoms with Crippen LogP contribution in [-0.4, -0.2) is 16.1 Å². The number of hydrogen-bond acceptors (Lipinski definition) is 3. The molecule has 0 saturated carbocycles. The maximum Gasteiger partial charge on any atom is 0.335 e. The van der Waals surface area contributed by atoms with Crippen molar-refractivity contribution in [1.82, 2.24) is 4.98 Å². The Morgan fingerprint density at radius 2 is 2.11 bits per heavy atom. The highest BCUT2D eigenvalue weighted by Crippen LogP contribution is 2.25. The Balaban J connectivity index is 2.25. The fraction of sp³-hybridized carbons (Fsp3) is 0.0769. The van der Waals surface area contributed by atoms with E-state index in [0.29, 0.717) is 5.75 Å².